The Labute approximate surface area is 126 Å². The van der Waals surface area contributed by atoms with E-state index in [9.17, 15) is 0 Å². The van der Waals surface area contributed by atoms with Crippen LogP contribution in [0.3, 0.4) is 0 Å². The van der Waals surface area contributed by atoms with E-state index < -0.39 is 0 Å². The summed E-state index contributed by atoms with van der Waals surface area (Å²) in [5.41, 5.74) is 1.16. The van der Waals surface area contributed by atoms with Crippen LogP contribution in [0.15, 0.2) is 48.7 Å². The Hall–Kier alpha value is -2.07. The number of ether oxygens (including phenoxy) is 2. The summed E-state index contributed by atoms with van der Waals surface area (Å²) < 4.78 is 11.2. The van der Waals surface area contributed by atoms with E-state index in [1.807, 2.05) is 42.5 Å². The average Bonchev–Trinajstić information content (AvgIpc) is 2.51. The zero-order chi connectivity index (χ0) is 14.9. The number of nitrogens with zero attached hydrogens (tertiary/aromatic N) is 1. The van der Waals surface area contributed by atoms with Crippen LogP contribution in [0.4, 0.5) is 0 Å². The summed E-state index contributed by atoms with van der Waals surface area (Å²) in [4.78, 5) is 4.21. The fourth-order valence-corrected chi connectivity index (χ4v) is 1.78. The third-order valence-electron chi connectivity index (χ3n) is 2.86. The predicted molar refractivity (Wildman–Crippen MR) is 83.6 cm³/mol. The summed E-state index contributed by atoms with van der Waals surface area (Å²) in [5, 5.41) is 3.37. The van der Waals surface area contributed by atoms with Gasteiger partial charge in [-0.05, 0) is 23.8 Å². The summed E-state index contributed by atoms with van der Waals surface area (Å²) in [5.74, 6) is 1.48. The third kappa shape index (κ3) is 5.83. The average molecular weight is 286 g/mol. The van der Waals surface area contributed by atoms with Gasteiger partial charge in [0.2, 0.25) is 5.88 Å². The lowest BCUT2D eigenvalue weighted by molar-refractivity contribution is 0.212. The van der Waals surface area contributed by atoms with Crippen LogP contribution in [0.2, 0.25) is 0 Å². The maximum atomic E-state index is 5.61. The Bertz CT molecular complexity index is 529. The van der Waals surface area contributed by atoms with E-state index in [1.54, 1.807) is 6.20 Å². The maximum Gasteiger partial charge on any atom is 0.213 e. The molecule has 4 nitrogen and oxygen atoms in total. The molecule has 0 bridgehead atoms. The Morgan fingerprint density at radius 1 is 1.05 bits per heavy atom. The highest BCUT2D eigenvalue weighted by Gasteiger charge is 2.00. The topological polar surface area (TPSA) is 43.4 Å². The molecule has 0 saturated heterocycles. The van der Waals surface area contributed by atoms with E-state index in [0.29, 0.717) is 25.1 Å². The molecule has 1 N–H and O–H groups in total. The van der Waals surface area contributed by atoms with Crippen LogP contribution in [0.5, 0.6) is 11.6 Å². The molecule has 0 aliphatic rings. The smallest absolute Gasteiger partial charge is 0.213 e. The highest BCUT2D eigenvalue weighted by molar-refractivity contribution is 5.21. The van der Waals surface area contributed by atoms with Crippen molar-refractivity contribution in [3.05, 3.63) is 54.2 Å². The van der Waals surface area contributed by atoms with Crippen molar-refractivity contribution < 1.29 is 9.47 Å². The van der Waals surface area contributed by atoms with Crippen LogP contribution in [-0.2, 0) is 6.54 Å². The van der Waals surface area contributed by atoms with Crippen LogP contribution in [-0.4, -0.2) is 24.2 Å². The second-order valence-electron chi connectivity index (χ2n) is 5.05. The van der Waals surface area contributed by atoms with E-state index in [4.69, 9.17) is 9.47 Å². The predicted octanol–water partition coefficient (Wildman–Crippen LogP) is 3.04. The monoisotopic (exact) mass is 286 g/mol. The van der Waals surface area contributed by atoms with Gasteiger partial charge in [-0.1, -0.05) is 32.0 Å². The molecule has 0 fully saturated rings. The summed E-state index contributed by atoms with van der Waals surface area (Å²) in [6.07, 6.45) is 1.77. The van der Waals surface area contributed by atoms with E-state index in [2.05, 4.69) is 24.1 Å². The first-order chi connectivity index (χ1) is 10.2. The normalized spacial score (nSPS) is 10.6. The van der Waals surface area contributed by atoms with Gasteiger partial charge in [-0.15, -0.1) is 0 Å². The quantitative estimate of drug-likeness (QED) is 0.758. The molecule has 2 rings (SSSR count). The molecule has 0 aliphatic carbocycles. The van der Waals surface area contributed by atoms with E-state index >= 15 is 0 Å². The molecule has 0 atom stereocenters. The molecule has 1 aromatic carbocycles. The lowest BCUT2D eigenvalue weighted by Crippen LogP contribution is -2.21. The van der Waals surface area contributed by atoms with Gasteiger partial charge in [-0.2, -0.15) is 0 Å². The van der Waals surface area contributed by atoms with Crippen molar-refractivity contribution in [3.63, 3.8) is 0 Å². The fourth-order valence-electron chi connectivity index (χ4n) is 1.78. The van der Waals surface area contributed by atoms with Crippen molar-refractivity contribution in [2.75, 3.05) is 13.2 Å². The summed E-state index contributed by atoms with van der Waals surface area (Å²) in [6, 6.07) is 14.1. The molecule has 0 radical (unpaired) electrons. The summed E-state index contributed by atoms with van der Waals surface area (Å²) >= 11 is 0. The number of benzene rings is 1. The lowest BCUT2D eigenvalue weighted by atomic mass is 10.2. The van der Waals surface area contributed by atoms with E-state index in [0.717, 1.165) is 17.9 Å². The molecule has 2 aromatic rings. The standard InChI is InChI=1S/C17H22N2O2/c1-14(2)19-13-15-8-9-18-17(12-15)21-11-10-20-16-6-4-3-5-7-16/h3-9,12,14,19H,10-11,13H2,1-2H3. The number of nitrogens with one attached hydrogen (secondary N) is 1. The van der Waals surface area contributed by atoms with Crippen molar-refractivity contribution in [2.24, 2.45) is 0 Å². The van der Waals surface area contributed by atoms with Gasteiger partial charge >= 0.3 is 0 Å². The Balaban J connectivity index is 1.74. The zero-order valence-electron chi connectivity index (χ0n) is 12.6. The minimum Gasteiger partial charge on any atom is -0.490 e. The zero-order valence-corrected chi connectivity index (χ0v) is 12.6. The number of hydrogen-bond donors (Lipinski definition) is 1. The van der Waals surface area contributed by atoms with Gasteiger partial charge in [-0.25, -0.2) is 4.98 Å². The van der Waals surface area contributed by atoms with Gasteiger partial charge in [0.25, 0.3) is 0 Å². The Morgan fingerprint density at radius 2 is 1.81 bits per heavy atom. The van der Waals surface area contributed by atoms with Gasteiger partial charge in [0.1, 0.15) is 19.0 Å². The van der Waals surface area contributed by atoms with Gasteiger partial charge < -0.3 is 14.8 Å². The molecule has 0 saturated carbocycles. The first kappa shape index (κ1) is 15.3. The second kappa shape index (κ2) is 8.27. The fraction of sp³-hybridized carbons (Fsp3) is 0.353. The van der Waals surface area contributed by atoms with Crippen LogP contribution < -0.4 is 14.8 Å². The molecule has 0 aliphatic heterocycles. The van der Waals surface area contributed by atoms with Gasteiger partial charge in [0.05, 0.1) is 0 Å². The molecule has 0 unspecified atom stereocenters. The van der Waals surface area contributed by atoms with E-state index in [1.165, 1.54) is 0 Å². The van der Waals surface area contributed by atoms with Gasteiger partial charge in [-0.3, -0.25) is 0 Å². The van der Waals surface area contributed by atoms with Gasteiger partial charge in [0.15, 0.2) is 0 Å². The molecular weight excluding hydrogens is 264 g/mol. The first-order valence-corrected chi connectivity index (χ1v) is 7.23. The highest BCUT2D eigenvalue weighted by atomic mass is 16.5. The molecule has 0 spiro atoms. The Morgan fingerprint density at radius 3 is 2.57 bits per heavy atom. The minimum absolute atomic E-state index is 0.460. The minimum atomic E-state index is 0.460. The van der Waals surface area contributed by atoms with Crippen molar-refractivity contribution >= 4 is 0 Å². The van der Waals surface area contributed by atoms with Gasteiger partial charge in [0, 0.05) is 24.8 Å². The largest absolute Gasteiger partial charge is 0.490 e. The Kier molecular flexibility index (Phi) is 6.03. The number of pyridine rings is 1. The number of rotatable bonds is 8. The molecule has 21 heavy (non-hydrogen) atoms. The molecule has 4 heteroatoms. The number of aromatic nitrogens is 1. The highest BCUT2D eigenvalue weighted by Crippen LogP contribution is 2.10. The molecule has 1 heterocycles. The van der Waals surface area contributed by atoms with Crippen LogP contribution in [0, 0.1) is 0 Å². The van der Waals surface area contributed by atoms with Crippen LogP contribution in [0.25, 0.3) is 0 Å². The van der Waals surface area contributed by atoms with E-state index in [-0.39, 0.29) is 0 Å². The SMILES string of the molecule is CC(C)NCc1ccnc(OCCOc2ccccc2)c1. The van der Waals surface area contributed by atoms with Crippen LogP contribution in [0.1, 0.15) is 19.4 Å². The molecule has 0 amide bonds. The van der Waals surface area contributed by atoms with Crippen molar-refractivity contribution in [3.8, 4) is 11.6 Å². The lowest BCUT2D eigenvalue weighted by Gasteiger charge is -2.10. The third-order valence-corrected chi connectivity index (χ3v) is 2.86. The molecular formula is C17H22N2O2. The van der Waals surface area contributed by atoms with Crippen molar-refractivity contribution in [1.82, 2.24) is 10.3 Å². The van der Waals surface area contributed by atoms with Crippen molar-refractivity contribution in [1.29, 1.82) is 0 Å². The number of para-hydroxylation sites is 1. The molecule has 112 valence electrons. The summed E-state index contributed by atoms with van der Waals surface area (Å²) in [6.45, 7) is 6.04. The number of hydrogen-bond acceptors (Lipinski definition) is 4. The maximum absolute atomic E-state index is 5.61. The first-order valence-electron chi connectivity index (χ1n) is 7.23. The second-order valence-corrected chi connectivity index (χ2v) is 5.05. The summed E-state index contributed by atoms with van der Waals surface area (Å²) in [7, 11) is 0. The van der Waals surface area contributed by atoms with Crippen molar-refractivity contribution in [2.45, 2.75) is 26.4 Å². The van der Waals surface area contributed by atoms with Crippen LogP contribution >= 0.6 is 0 Å². The molecule has 1 aromatic heterocycles.